The van der Waals surface area contributed by atoms with Crippen molar-refractivity contribution in [2.45, 2.75) is 32.5 Å². The second kappa shape index (κ2) is 6.68. The molecule has 1 aromatic rings. The van der Waals surface area contributed by atoms with E-state index in [9.17, 15) is 0 Å². The van der Waals surface area contributed by atoms with Crippen molar-refractivity contribution < 1.29 is 9.47 Å². The van der Waals surface area contributed by atoms with Gasteiger partial charge in [-0.1, -0.05) is 6.92 Å². The number of hydrogen-bond donors (Lipinski definition) is 1. The lowest BCUT2D eigenvalue weighted by atomic mass is 10.3. The highest BCUT2D eigenvalue weighted by Crippen LogP contribution is 2.00. The monoisotopic (exact) mass is 240 g/mol. The van der Waals surface area contributed by atoms with E-state index in [2.05, 4.69) is 22.3 Å². The summed E-state index contributed by atoms with van der Waals surface area (Å²) in [5, 5.41) is 7.51. The van der Waals surface area contributed by atoms with Gasteiger partial charge in [-0.05, 0) is 6.42 Å². The third kappa shape index (κ3) is 3.76. The van der Waals surface area contributed by atoms with Gasteiger partial charge in [-0.2, -0.15) is 5.10 Å². The van der Waals surface area contributed by atoms with Crippen molar-refractivity contribution in [3.8, 4) is 0 Å². The predicted octanol–water partition coefficient (Wildman–Crippen LogP) is 0.193. The lowest BCUT2D eigenvalue weighted by Crippen LogP contribution is -2.37. The molecule has 17 heavy (non-hydrogen) atoms. The second-order valence-corrected chi connectivity index (χ2v) is 4.10. The van der Waals surface area contributed by atoms with Gasteiger partial charge in [0.1, 0.15) is 12.2 Å². The zero-order valence-corrected chi connectivity index (χ0v) is 10.3. The first-order chi connectivity index (χ1) is 8.40. The Morgan fingerprint density at radius 1 is 1.53 bits per heavy atom. The quantitative estimate of drug-likeness (QED) is 0.769. The van der Waals surface area contributed by atoms with Crippen LogP contribution in [0.25, 0.3) is 0 Å². The minimum absolute atomic E-state index is 0.159. The molecule has 0 spiro atoms. The van der Waals surface area contributed by atoms with E-state index in [0.717, 1.165) is 31.9 Å². The van der Waals surface area contributed by atoms with Crippen LogP contribution >= 0.6 is 0 Å². The van der Waals surface area contributed by atoms with Gasteiger partial charge in [0.25, 0.3) is 0 Å². The lowest BCUT2D eigenvalue weighted by molar-refractivity contribution is -0.0865. The largest absolute Gasteiger partial charge is 0.376 e. The van der Waals surface area contributed by atoms with Crippen molar-refractivity contribution in [2.24, 2.45) is 0 Å². The summed E-state index contributed by atoms with van der Waals surface area (Å²) >= 11 is 0. The Balaban J connectivity index is 1.71. The van der Waals surface area contributed by atoms with Crippen LogP contribution < -0.4 is 5.32 Å². The fourth-order valence-corrected chi connectivity index (χ4v) is 1.82. The summed E-state index contributed by atoms with van der Waals surface area (Å²) in [4.78, 5) is 4.23. The van der Waals surface area contributed by atoms with Gasteiger partial charge in [-0.25, -0.2) is 9.67 Å². The highest BCUT2D eigenvalue weighted by molar-refractivity contribution is 4.84. The van der Waals surface area contributed by atoms with E-state index in [1.54, 1.807) is 6.33 Å². The van der Waals surface area contributed by atoms with Crippen LogP contribution in [0.5, 0.6) is 0 Å². The van der Waals surface area contributed by atoms with Gasteiger partial charge in [-0.15, -0.1) is 0 Å². The van der Waals surface area contributed by atoms with Crippen molar-refractivity contribution in [3.63, 3.8) is 0 Å². The van der Waals surface area contributed by atoms with Crippen LogP contribution in [-0.4, -0.2) is 47.2 Å². The fraction of sp³-hybridized carbons (Fsp3) is 0.818. The van der Waals surface area contributed by atoms with Gasteiger partial charge in [0.05, 0.1) is 32.5 Å². The molecule has 1 aliphatic heterocycles. The van der Waals surface area contributed by atoms with E-state index in [0.29, 0.717) is 19.8 Å². The molecular formula is C11H20N4O2. The molecule has 1 aliphatic rings. The van der Waals surface area contributed by atoms with Crippen molar-refractivity contribution in [1.82, 2.24) is 20.1 Å². The number of rotatable bonds is 6. The number of ether oxygens (including phenoxy) is 2. The summed E-state index contributed by atoms with van der Waals surface area (Å²) in [5.74, 6) is 0.976. The third-order valence-electron chi connectivity index (χ3n) is 2.67. The number of nitrogens with zero attached hydrogens (tertiary/aromatic N) is 3. The molecular weight excluding hydrogens is 220 g/mol. The van der Waals surface area contributed by atoms with Gasteiger partial charge < -0.3 is 14.8 Å². The van der Waals surface area contributed by atoms with E-state index < -0.39 is 0 Å². The maximum Gasteiger partial charge on any atom is 0.140 e. The van der Waals surface area contributed by atoms with Crippen LogP contribution in [0.1, 0.15) is 19.2 Å². The van der Waals surface area contributed by atoms with Crippen molar-refractivity contribution in [1.29, 1.82) is 0 Å². The smallest absolute Gasteiger partial charge is 0.140 e. The fourth-order valence-electron chi connectivity index (χ4n) is 1.82. The molecule has 0 saturated carbocycles. The van der Waals surface area contributed by atoms with Crippen LogP contribution in [0, 0.1) is 0 Å². The first-order valence-corrected chi connectivity index (χ1v) is 6.17. The zero-order valence-electron chi connectivity index (χ0n) is 10.3. The molecule has 96 valence electrons. The average molecular weight is 240 g/mol. The van der Waals surface area contributed by atoms with Crippen LogP contribution in [0.3, 0.4) is 0 Å². The Bertz CT molecular complexity index is 323. The third-order valence-corrected chi connectivity index (χ3v) is 2.67. The number of nitrogens with one attached hydrogen (secondary N) is 1. The van der Waals surface area contributed by atoms with Crippen LogP contribution in [-0.2, 0) is 22.6 Å². The Hall–Kier alpha value is -0.980. The van der Waals surface area contributed by atoms with E-state index >= 15 is 0 Å². The highest BCUT2D eigenvalue weighted by atomic mass is 16.6. The molecule has 0 aromatic carbocycles. The topological polar surface area (TPSA) is 61.2 Å². The summed E-state index contributed by atoms with van der Waals surface area (Å²) in [6.07, 6.45) is 2.83. The standard InChI is InChI=1S/C11H20N4O2/c1-2-3-15-11(13-9-14-15)7-12-6-10-8-16-4-5-17-10/h9-10,12H,2-8H2,1H3. The minimum Gasteiger partial charge on any atom is -0.376 e. The van der Waals surface area contributed by atoms with Crippen molar-refractivity contribution >= 4 is 0 Å². The molecule has 0 bridgehead atoms. The molecule has 6 nitrogen and oxygen atoms in total. The maximum atomic E-state index is 5.54. The Kier molecular flexibility index (Phi) is 4.90. The molecule has 0 radical (unpaired) electrons. The molecule has 2 heterocycles. The van der Waals surface area contributed by atoms with E-state index in [1.165, 1.54) is 0 Å². The van der Waals surface area contributed by atoms with Gasteiger partial charge >= 0.3 is 0 Å². The van der Waals surface area contributed by atoms with Crippen LogP contribution in [0.4, 0.5) is 0 Å². The number of aryl methyl sites for hydroxylation is 1. The van der Waals surface area contributed by atoms with E-state index in [1.807, 2.05) is 4.68 Å². The van der Waals surface area contributed by atoms with Gasteiger partial charge in [-0.3, -0.25) is 0 Å². The normalized spacial score (nSPS) is 20.6. The molecule has 0 amide bonds. The molecule has 1 unspecified atom stereocenters. The summed E-state index contributed by atoms with van der Waals surface area (Å²) in [6, 6.07) is 0. The molecule has 1 saturated heterocycles. The summed E-state index contributed by atoms with van der Waals surface area (Å²) < 4.78 is 12.8. The van der Waals surface area contributed by atoms with Gasteiger partial charge in [0.2, 0.25) is 0 Å². The van der Waals surface area contributed by atoms with Gasteiger partial charge in [0, 0.05) is 13.1 Å². The van der Waals surface area contributed by atoms with Gasteiger partial charge in [0.15, 0.2) is 0 Å². The molecule has 1 N–H and O–H groups in total. The van der Waals surface area contributed by atoms with E-state index in [-0.39, 0.29) is 6.10 Å². The number of hydrogen-bond acceptors (Lipinski definition) is 5. The SMILES string of the molecule is CCCn1ncnc1CNCC1COCCO1. The maximum absolute atomic E-state index is 5.54. The molecule has 1 fully saturated rings. The minimum atomic E-state index is 0.159. The van der Waals surface area contributed by atoms with E-state index in [4.69, 9.17) is 9.47 Å². The first-order valence-electron chi connectivity index (χ1n) is 6.17. The summed E-state index contributed by atoms with van der Waals surface area (Å²) in [5.41, 5.74) is 0. The molecule has 1 atom stereocenters. The molecule has 6 heteroatoms. The second-order valence-electron chi connectivity index (χ2n) is 4.10. The molecule has 0 aliphatic carbocycles. The summed E-state index contributed by atoms with van der Waals surface area (Å²) in [7, 11) is 0. The lowest BCUT2D eigenvalue weighted by Gasteiger charge is -2.23. The molecule has 1 aromatic heterocycles. The zero-order chi connectivity index (χ0) is 11.9. The highest BCUT2D eigenvalue weighted by Gasteiger charge is 2.13. The Morgan fingerprint density at radius 2 is 2.47 bits per heavy atom. The predicted molar refractivity (Wildman–Crippen MR) is 62.6 cm³/mol. The van der Waals surface area contributed by atoms with Crippen molar-refractivity contribution in [3.05, 3.63) is 12.2 Å². The number of aromatic nitrogens is 3. The van der Waals surface area contributed by atoms with Crippen LogP contribution in [0.2, 0.25) is 0 Å². The van der Waals surface area contributed by atoms with Crippen LogP contribution in [0.15, 0.2) is 6.33 Å². The summed E-state index contributed by atoms with van der Waals surface area (Å²) in [6.45, 7) is 6.64. The Labute approximate surface area is 101 Å². The Morgan fingerprint density at radius 3 is 3.24 bits per heavy atom. The van der Waals surface area contributed by atoms with Crippen molar-refractivity contribution in [2.75, 3.05) is 26.4 Å². The first kappa shape index (κ1) is 12.5. The average Bonchev–Trinajstić information content (AvgIpc) is 2.79. The molecule has 2 rings (SSSR count).